The van der Waals surface area contributed by atoms with E-state index >= 15 is 0 Å². The van der Waals surface area contributed by atoms with E-state index in [1.165, 1.54) is 17.6 Å². The quantitative estimate of drug-likeness (QED) is 0.721. The fraction of sp³-hybridized carbons (Fsp3) is 0.333. The average Bonchev–Trinajstić information content (AvgIpc) is 2.53. The summed E-state index contributed by atoms with van der Waals surface area (Å²) >= 11 is 0. The van der Waals surface area contributed by atoms with Gasteiger partial charge in [0.15, 0.2) is 0 Å². The molecule has 5 nitrogen and oxygen atoms in total. The third kappa shape index (κ3) is 4.89. The highest BCUT2D eigenvalue weighted by Crippen LogP contribution is 2.21. The molecule has 24 heavy (non-hydrogen) atoms. The first-order chi connectivity index (χ1) is 11.3. The third-order valence-electron chi connectivity index (χ3n) is 3.65. The Kier molecular flexibility index (Phi) is 5.72. The molecule has 0 unspecified atom stereocenters. The summed E-state index contributed by atoms with van der Waals surface area (Å²) in [4.78, 5) is 0. The molecule has 0 aromatic heterocycles. The zero-order chi connectivity index (χ0) is 17.7. The van der Waals surface area contributed by atoms with E-state index in [1.54, 1.807) is 24.3 Å². The van der Waals surface area contributed by atoms with Crippen LogP contribution in [0, 0.1) is 13.8 Å². The molecule has 0 spiro atoms. The van der Waals surface area contributed by atoms with Crippen LogP contribution in [0.1, 0.15) is 11.1 Å². The molecule has 2 aromatic rings. The maximum absolute atomic E-state index is 11.5. The van der Waals surface area contributed by atoms with Gasteiger partial charge in [0.05, 0.1) is 11.9 Å². The molecule has 2 aromatic carbocycles. The van der Waals surface area contributed by atoms with Gasteiger partial charge >= 0.3 is 0 Å². The number of aryl methyl sites for hydroxylation is 2. The fourth-order valence-corrected chi connectivity index (χ4v) is 2.62. The molecule has 0 N–H and O–H groups in total. The molecule has 0 bridgehead atoms. The molecular weight excluding hydrogens is 326 g/mol. The molecule has 130 valence electrons. The number of sulfonamides is 1. The predicted molar refractivity (Wildman–Crippen MR) is 96.6 cm³/mol. The number of anilines is 1. The highest BCUT2D eigenvalue weighted by Gasteiger charge is 2.11. The first-order valence-electron chi connectivity index (χ1n) is 7.64. The molecule has 0 aliphatic rings. The van der Waals surface area contributed by atoms with Gasteiger partial charge in [-0.15, -0.1) is 0 Å². The van der Waals surface area contributed by atoms with Crippen molar-refractivity contribution < 1.29 is 17.9 Å². The van der Waals surface area contributed by atoms with Crippen molar-refractivity contribution in [1.29, 1.82) is 0 Å². The second-order valence-corrected chi connectivity index (χ2v) is 7.70. The molecule has 0 atom stereocenters. The molecule has 0 saturated heterocycles. The summed E-state index contributed by atoms with van der Waals surface area (Å²) in [5, 5.41) is 0. The van der Waals surface area contributed by atoms with Crippen molar-refractivity contribution in [2.45, 2.75) is 13.8 Å². The Morgan fingerprint density at radius 3 is 2.21 bits per heavy atom. The lowest BCUT2D eigenvalue weighted by atomic mass is 10.1. The lowest BCUT2D eigenvalue weighted by molar-refractivity contribution is 0.216. The van der Waals surface area contributed by atoms with Crippen molar-refractivity contribution in [3.8, 4) is 11.5 Å². The van der Waals surface area contributed by atoms with Crippen LogP contribution in [0.2, 0.25) is 0 Å². The van der Waals surface area contributed by atoms with Gasteiger partial charge in [0, 0.05) is 7.05 Å². The van der Waals surface area contributed by atoms with Crippen LogP contribution in [0.3, 0.4) is 0 Å². The van der Waals surface area contributed by atoms with Crippen LogP contribution in [0.25, 0.3) is 0 Å². The maximum atomic E-state index is 11.5. The van der Waals surface area contributed by atoms with Crippen molar-refractivity contribution >= 4 is 15.7 Å². The lowest BCUT2D eigenvalue weighted by Crippen LogP contribution is -2.24. The van der Waals surface area contributed by atoms with Crippen LogP contribution >= 0.6 is 0 Å². The zero-order valence-corrected chi connectivity index (χ0v) is 15.3. The van der Waals surface area contributed by atoms with Crippen molar-refractivity contribution in [2.24, 2.45) is 0 Å². The van der Waals surface area contributed by atoms with Crippen LogP contribution in [-0.2, 0) is 10.0 Å². The van der Waals surface area contributed by atoms with Crippen molar-refractivity contribution in [1.82, 2.24) is 0 Å². The molecule has 0 heterocycles. The lowest BCUT2D eigenvalue weighted by Gasteiger charge is -2.17. The number of ether oxygens (including phenoxy) is 2. The summed E-state index contributed by atoms with van der Waals surface area (Å²) in [5.41, 5.74) is 2.84. The summed E-state index contributed by atoms with van der Waals surface area (Å²) in [6.45, 7) is 4.88. The number of nitrogens with zero attached hydrogens (tertiary/aromatic N) is 1. The van der Waals surface area contributed by atoms with E-state index in [0.29, 0.717) is 24.7 Å². The van der Waals surface area contributed by atoms with E-state index in [0.717, 1.165) is 16.9 Å². The minimum absolute atomic E-state index is 0.411. The van der Waals surface area contributed by atoms with Crippen LogP contribution < -0.4 is 13.8 Å². The summed E-state index contributed by atoms with van der Waals surface area (Å²) in [6, 6.07) is 13.0. The van der Waals surface area contributed by atoms with Gasteiger partial charge in [-0.25, -0.2) is 8.42 Å². The third-order valence-corrected chi connectivity index (χ3v) is 4.86. The largest absolute Gasteiger partial charge is 0.490 e. The number of rotatable bonds is 7. The Balaban J connectivity index is 1.86. The summed E-state index contributed by atoms with van der Waals surface area (Å²) in [5.74, 6) is 1.54. The monoisotopic (exact) mass is 349 g/mol. The molecular formula is C18H23NO4S. The highest BCUT2D eigenvalue weighted by atomic mass is 32.2. The molecule has 6 heteroatoms. The van der Waals surface area contributed by atoms with E-state index < -0.39 is 10.0 Å². The predicted octanol–water partition coefficient (Wildman–Crippen LogP) is 3.16. The smallest absolute Gasteiger partial charge is 0.231 e. The van der Waals surface area contributed by atoms with Gasteiger partial charge in [0.2, 0.25) is 10.0 Å². The Morgan fingerprint density at radius 1 is 0.958 bits per heavy atom. The first-order valence-corrected chi connectivity index (χ1v) is 9.49. The van der Waals surface area contributed by atoms with Crippen molar-refractivity contribution in [3.63, 3.8) is 0 Å². The Hall–Kier alpha value is -2.21. The van der Waals surface area contributed by atoms with E-state index in [9.17, 15) is 8.42 Å². The minimum Gasteiger partial charge on any atom is -0.490 e. The van der Waals surface area contributed by atoms with Crippen LogP contribution in [-0.4, -0.2) is 34.9 Å². The van der Waals surface area contributed by atoms with Gasteiger partial charge in [-0.1, -0.05) is 12.1 Å². The Labute approximate surface area is 143 Å². The van der Waals surface area contributed by atoms with E-state index in [4.69, 9.17) is 9.47 Å². The number of hydrogen-bond acceptors (Lipinski definition) is 4. The normalized spacial score (nSPS) is 11.2. The molecule has 0 saturated carbocycles. The van der Waals surface area contributed by atoms with Gasteiger partial charge < -0.3 is 9.47 Å². The second-order valence-electron chi connectivity index (χ2n) is 5.69. The average molecular weight is 349 g/mol. The SMILES string of the molecule is Cc1ccc(C)c(OCCOc2ccc(N(C)S(C)(=O)=O)cc2)c1. The van der Waals surface area contributed by atoms with Crippen molar-refractivity contribution in [2.75, 3.05) is 30.8 Å². The summed E-state index contributed by atoms with van der Waals surface area (Å²) < 4.78 is 35.6. The number of benzene rings is 2. The van der Waals surface area contributed by atoms with Gasteiger partial charge in [-0.2, -0.15) is 0 Å². The summed E-state index contributed by atoms with van der Waals surface area (Å²) in [7, 11) is -1.74. The van der Waals surface area contributed by atoms with Crippen molar-refractivity contribution in [3.05, 3.63) is 53.6 Å². The highest BCUT2D eigenvalue weighted by molar-refractivity contribution is 7.92. The Morgan fingerprint density at radius 2 is 1.58 bits per heavy atom. The molecule has 0 aliphatic heterocycles. The first kappa shape index (κ1) is 18.1. The molecule has 0 amide bonds. The van der Waals surface area contributed by atoms with E-state index in [2.05, 4.69) is 0 Å². The fourth-order valence-electron chi connectivity index (χ4n) is 2.12. The topological polar surface area (TPSA) is 55.8 Å². The molecule has 0 aliphatic carbocycles. The summed E-state index contributed by atoms with van der Waals surface area (Å²) in [6.07, 6.45) is 1.17. The molecule has 0 fully saturated rings. The minimum atomic E-state index is -3.26. The standard InChI is InChI=1S/C18H23NO4S/c1-14-5-6-15(2)18(13-14)23-12-11-22-17-9-7-16(8-10-17)19(3)24(4,20)21/h5-10,13H,11-12H2,1-4H3. The molecule has 2 rings (SSSR count). The van der Waals surface area contributed by atoms with Gasteiger partial charge in [-0.3, -0.25) is 4.31 Å². The van der Waals surface area contributed by atoms with Crippen LogP contribution in [0.15, 0.2) is 42.5 Å². The van der Waals surface area contributed by atoms with Crippen LogP contribution in [0.4, 0.5) is 5.69 Å². The van der Waals surface area contributed by atoms with Crippen LogP contribution in [0.5, 0.6) is 11.5 Å². The van der Waals surface area contributed by atoms with Gasteiger partial charge in [0.1, 0.15) is 24.7 Å². The maximum Gasteiger partial charge on any atom is 0.231 e. The zero-order valence-electron chi connectivity index (χ0n) is 14.4. The molecule has 0 radical (unpaired) electrons. The Bertz CT molecular complexity index is 785. The number of hydrogen-bond donors (Lipinski definition) is 0. The van der Waals surface area contributed by atoms with E-state index in [1.807, 2.05) is 32.0 Å². The van der Waals surface area contributed by atoms with Gasteiger partial charge in [-0.05, 0) is 55.3 Å². The van der Waals surface area contributed by atoms with E-state index in [-0.39, 0.29) is 0 Å². The van der Waals surface area contributed by atoms with Gasteiger partial charge in [0.25, 0.3) is 0 Å². The second kappa shape index (κ2) is 7.57.